The molecule has 126 valence electrons. The van der Waals surface area contributed by atoms with Gasteiger partial charge in [-0.2, -0.15) is 0 Å². The van der Waals surface area contributed by atoms with Crippen molar-refractivity contribution < 1.29 is 8.95 Å². The van der Waals surface area contributed by atoms with Crippen LogP contribution in [-0.2, 0) is 17.2 Å². The van der Waals surface area contributed by atoms with Crippen LogP contribution < -0.4 is 4.74 Å². The highest BCUT2D eigenvalue weighted by molar-refractivity contribution is 7.85. The van der Waals surface area contributed by atoms with Gasteiger partial charge in [-0.25, -0.2) is 9.97 Å². The zero-order valence-corrected chi connectivity index (χ0v) is 15.1. The second-order valence-corrected chi connectivity index (χ2v) is 7.59. The first-order chi connectivity index (χ1) is 12.2. The third-order valence-electron chi connectivity index (χ3n) is 4.23. The van der Waals surface area contributed by atoms with Gasteiger partial charge in [0.1, 0.15) is 10.9 Å². The maximum absolute atomic E-state index is 12.5. The van der Waals surface area contributed by atoms with Crippen molar-refractivity contribution in [2.45, 2.75) is 11.3 Å². The minimum atomic E-state index is -1.07. The molecular formula is C19H15ClN2O2S. The topological polar surface area (TPSA) is 52.1 Å². The Morgan fingerprint density at radius 3 is 2.60 bits per heavy atom. The molecule has 0 radical (unpaired) electrons. The molecule has 2 aromatic carbocycles. The van der Waals surface area contributed by atoms with E-state index in [1.807, 2.05) is 48.5 Å². The zero-order valence-electron chi connectivity index (χ0n) is 13.5. The zero-order chi connectivity index (χ0) is 17.4. The lowest BCUT2D eigenvalue weighted by atomic mass is 10.0. The fraction of sp³-hybridized carbons (Fsp3) is 0.158. The molecule has 0 amide bonds. The van der Waals surface area contributed by atoms with E-state index in [-0.39, 0.29) is 0 Å². The number of hydrogen-bond acceptors (Lipinski definition) is 4. The van der Waals surface area contributed by atoms with E-state index in [0.717, 1.165) is 33.0 Å². The summed E-state index contributed by atoms with van der Waals surface area (Å²) in [5, 5.41) is 0.421. The molecule has 2 heterocycles. The van der Waals surface area contributed by atoms with Crippen molar-refractivity contribution in [2.75, 3.05) is 12.9 Å². The van der Waals surface area contributed by atoms with Crippen molar-refractivity contribution in [1.82, 2.24) is 9.97 Å². The highest BCUT2D eigenvalue weighted by Gasteiger charge is 2.23. The van der Waals surface area contributed by atoms with E-state index < -0.39 is 10.8 Å². The number of methoxy groups -OCH3 is 1. The lowest BCUT2D eigenvalue weighted by molar-refractivity contribution is 0.415. The molecule has 0 saturated carbocycles. The summed E-state index contributed by atoms with van der Waals surface area (Å²) in [6.45, 7) is 0. The molecule has 4 nitrogen and oxygen atoms in total. The van der Waals surface area contributed by atoms with Gasteiger partial charge in [-0.05, 0) is 36.8 Å². The summed E-state index contributed by atoms with van der Waals surface area (Å²) >= 11 is 6.47. The van der Waals surface area contributed by atoms with Gasteiger partial charge in [0.15, 0.2) is 5.82 Å². The molecule has 0 spiro atoms. The number of hydrogen-bond donors (Lipinski definition) is 0. The lowest BCUT2D eigenvalue weighted by Crippen LogP contribution is -2.01. The number of rotatable bonds is 2. The molecule has 4 rings (SSSR count). The fourth-order valence-corrected chi connectivity index (χ4v) is 4.45. The summed E-state index contributed by atoms with van der Waals surface area (Å²) in [5.41, 5.74) is 3.35. The van der Waals surface area contributed by atoms with Gasteiger partial charge in [0.25, 0.3) is 0 Å². The molecule has 6 heteroatoms. The van der Waals surface area contributed by atoms with E-state index in [1.54, 1.807) is 7.11 Å². The van der Waals surface area contributed by atoms with Gasteiger partial charge in [0, 0.05) is 27.3 Å². The lowest BCUT2D eigenvalue weighted by Gasteiger charge is -2.11. The van der Waals surface area contributed by atoms with Gasteiger partial charge in [-0.3, -0.25) is 4.21 Å². The van der Waals surface area contributed by atoms with Gasteiger partial charge in [0.05, 0.1) is 23.6 Å². The molecule has 3 aromatic rings. The number of fused-ring (bicyclic) bond motifs is 3. The van der Waals surface area contributed by atoms with E-state index in [4.69, 9.17) is 21.3 Å². The molecular weight excluding hydrogens is 356 g/mol. The average Bonchev–Trinajstić information content (AvgIpc) is 2.80. The van der Waals surface area contributed by atoms with Gasteiger partial charge in [0.2, 0.25) is 0 Å². The van der Waals surface area contributed by atoms with Crippen molar-refractivity contribution in [3.63, 3.8) is 0 Å². The van der Waals surface area contributed by atoms with E-state index in [2.05, 4.69) is 4.98 Å². The first-order valence-corrected chi connectivity index (χ1v) is 9.55. The molecule has 0 fully saturated rings. The summed E-state index contributed by atoms with van der Waals surface area (Å²) in [6, 6.07) is 15.2. The molecule has 1 aromatic heterocycles. The quantitative estimate of drug-likeness (QED) is 0.636. The summed E-state index contributed by atoms with van der Waals surface area (Å²) in [6.07, 6.45) is 0.596. The molecule has 0 bridgehead atoms. The normalized spacial score (nSPS) is 15.8. The third kappa shape index (κ3) is 2.94. The highest BCUT2D eigenvalue weighted by Crippen LogP contribution is 2.36. The largest absolute Gasteiger partial charge is 0.497 e. The fourth-order valence-electron chi connectivity index (χ4n) is 2.94. The smallest absolute Gasteiger partial charge is 0.161 e. The SMILES string of the molecule is COc1ccc(-c2nc(Cl)c3c(n2)-c2ccccc2S(=O)CC3)cc1. The van der Waals surface area contributed by atoms with Crippen LogP contribution in [-0.4, -0.2) is 27.0 Å². The van der Waals surface area contributed by atoms with Crippen LogP contribution in [0.25, 0.3) is 22.6 Å². The van der Waals surface area contributed by atoms with Crippen LogP contribution >= 0.6 is 11.6 Å². The Morgan fingerprint density at radius 2 is 1.84 bits per heavy atom. The first kappa shape index (κ1) is 16.2. The number of benzene rings is 2. The average molecular weight is 371 g/mol. The molecule has 0 saturated heterocycles. The van der Waals surface area contributed by atoms with Crippen LogP contribution in [0.15, 0.2) is 53.4 Å². The van der Waals surface area contributed by atoms with Crippen LogP contribution in [0, 0.1) is 0 Å². The van der Waals surface area contributed by atoms with E-state index in [1.165, 1.54) is 0 Å². The molecule has 1 aliphatic rings. The van der Waals surface area contributed by atoms with Crippen molar-refractivity contribution in [1.29, 1.82) is 0 Å². The van der Waals surface area contributed by atoms with E-state index >= 15 is 0 Å². The maximum Gasteiger partial charge on any atom is 0.161 e. The van der Waals surface area contributed by atoms with Gasteiger partial charge >= 0.3 is 0 Å². The van der Waals surface area contributed by atoms with Gasteiger partial charge < -0.3 is 4.74 Å². The first-order valence-electron chi connectivity index (χ1n) is 7.86. The van der Waals surface area contributed by atoms with E-state index in [0.29, 0.717) is 23.2 Å². The Hall–Kier alpha value is -2.24. The second-order valence-electron chi connectivity index (χ2n) is 5.69. The summed E-state index contributed by atoms with van der Waals surface area (Å²) in [7, 11) is 0.561. The number of nitrogens with zero attached hydrogens (tertiary/aromatic N) is 2. The van der Waals surface area contributed by atoms with Crippen LogP contribution in [0.5, 0.6) is 5.75 Å². The Labute approximate surface area is 153 Å². The standard InChI is InChI=1S/C19H15ClN2O2S/c1-24-13-8-6-12(7-9-13)19-21-17-14-4-2-3-5-16(14)25(23)11-10-15(17)18(20)22-19/h2-9H,10-11H2,1H3. The highest BCUT2D eigenvalue weighted by atomic mass is 35.5. The molecule has 1 atom stereocenters. The summed E-state index contributed by atoms with van der Waals surface area (Å²) in [5.74, 6) is 1.84. The summed E-state index contributed by atoms with van der Waals surface area (Å²) < 4.78 is 17.7. The van der Waals surface area contributed by atoms with Crippen molar-refractivity contribution in [3.8, 4) is 28.4 Å². The number of ether oxygens (including phenoxy) is 1. The molecule has 25 heavy (non-hydrogen) atoms. The van der Waals surface area contributed by atoms with Gasteiger partial charge in [-0.1, -0.05) is 29.8 Å². The van der Waals surface area contributed by atoms with Crippen LogP contribution in [0.4, 0.5) is 0 Å². The molecule has 0 aliphatic carbocycles. The predicted molar refractivity (Wildman–Crippen MR) is 99.4 cm³/mol. The number of halogens is 1. The van der Waals surface area contributed by atoms with Crippen LogP contribution in [0.3, 0.4) is 0 Å². The van der Waals surface area contributed by atoms with Gasteiger partial charge in [-0.15, -0.1) is 0 Å². The van der Waals surface area contributed by atoms with Crippen molar-refractivity contribution in [2.24, 2.45) is 0 Å². The number of aromatic nitrogens is 2. The monoisotopic (exact) mass is 370 g/mol. The minimum Gasteiger partial charge on any atom is -0.497 e. The molecule has 1 aliphatic heterocycles. The Morgan fingerprint density at radius 1 is 1.08 bits per heavy atom. The molecule has 1 unspecified atom stereocenters. The van der Waals surface area contributed by atoms with Crippen molar-refractivity contribution in [3.05, 3.63) is 59.2 Å². The van der Waals surface area contributed by atoms with Crippen LogP contribution in [0.1, 0.15) is 5.56 Å². The van der Waals surface area contributed by atoms with Crippen LogP contribution in [0.2, 0.25) is 5.15 Å². The third-order valence-corrected chi connectivity index (χ3v) is 5.96. The Balaban J connectivity index is 1.91. The molecule has 0 N–H and O–H groups in total. The van der Waals surface area contributed by atoms with E-state index in [9.17, 15) is 4.21 Å². The maximum atomic E-state index is 12.5. The second kappa shape index (κ2) is 6.58. The minimum absolute atomic E-state index is 0.421. The predicted octanol–water partition coefficient (Wildman–Crippen LogP) is 4.14. The van der Waals surface area contributed by atoms with Crippen molar-refractivity contribution >= 4 is 22.4 Å². The Bertz CT molecular complexity index is 974. The summed E-state index contributed by atoms with van der Waals surface area (Å²) in [4.78, 5) is 10.0. The Kier molecular flexibility index (Phi) is 4.27.